The first kappa shape index (κ1) is 18.4. The third-order valence-electron chi connectivity index (χ3n) is 4.98. The van der Waals surface area contributed by atoms with E-state index in [0.717, 1.165) is 6.42 Å². The number of fused-ring (bicyclic) bond motifs is 4. The average molecular weight is 381 g/mol. The van der Waals surface area contributed by atoms with E-state index in [4.69, 9.17) is 11.6 Å². The zero-order valence-electron chi connectivity index (χ0n) is 14.7. The van der Waals surface area contributed by atoms with Crippen molar-refractivity contribution < 1.29 is 14.4 Å². The van der Waals surface area contributed by atoms with Crippen LogP contribution in [-0.4, -0.2) is 77.2 Å². The molecule has 140 valence electrons. The first-order valence-corrected chi connectivity index (χ1v) is 8.84. The van der Waals surface area contributed by atoms with Gasteiger partial charge in [0.1, 0.15) is 12.1 Å². The fraction of sp³-hybridized carbons (Fsp3) is 0.529. The predicted octanol–water partition coefficient (Wildman–Crippen LogP) is 0.180. The normalized spacial score (nSPS) is 22.3. The highest BCUT2D eigenvalue weighted by Gasteiger charge is 2.43. The molecule has 4 heterocycles. The summed E-state index contributed by atoms with van der Waals surface area (Å²) in [4.78, 5) is 56.6. The highest BCUT2D eigenvalue weighted by Crippen LogP contribution is 2.29. The largest absolute Gasteiger partial charge is 0.347 e. The van der Waals surface area contributed by atoms with E-state index in [1.54, 1.807) is 19.0 Å². The number of aromatic amines is 1. The molecule has 3 amide bonds. The SMILES string of the molecule is CN(C)C(=O)CN1C(=O)[C@H]2CC[C@@H]1CN(C(=O)c1cc(Cl)c[nH]c1=O)C2. The highest BCUT2D eigenvalue weighted by atomic mass is 35.5. The Balaban J connectivity index is 1.84. The van der Waals surface area contributed by atoms with Gasteiger partial charge in [-0.15, -0.1) is 0 Å². The number of hydrogen-bond donors (Lipinski definition) is 1. The number of hydrogen-bond acceptors (Lipinski definition) is 4. The van der Waals surface area contributed by atoms with Crippen molar-refractivity contribution in [2.45, 2.75) is 18.9 Å². The molecule has 2 bridgehead atoms. The highest BCUT2D eigenvalue weighted by molar-refractivity contribution is 6.30. The molecule has 9 heteroatoms. The standard InChI is InChI=1S/C17H21ClN4O4/c1-20(2)14(23)9-22-12-4-3-10(16(22)25)7-21(8-12)17(26)13-5-11(18)6-19-15(13)24/h5-6,10,12H,3-4,7-9H2,1-2H3,(H,19,24)/t10-,12+/m0/s1. The van der Waals surface area contributed by atoms with Gasteiger partial charge in [0.15, 0.2) is 0 Å². The molecule has 2 atom stereocenters. The van der Waals surface area contributed by atoms with Gasteiger partial charge in [0, 0.05) is 39.4 Å². The fourth-order valence-electron chi connectivity index (χ4n) is 3.49. The van der Waals surface area contributed by atoms with Crippen molar-refractivity contribution in [2.75, 3.05) is 33.7 Å². The molecule has 4 rings (SSSR count). The lowest BCUT2D eigenvalue weighted by atomic mass is 9.94. The van der Waals surface area contributed by atoms with Crippen molar-refractivity contribution in [3.05, 3.63) is 33.2 Å². The van der Waals surface area contributed by atoms with Crippen molar-refractivity contribution in [2.24, 2.45) is 5.92 Å². The van der Waals surface area contributed by atoms with E-state index in [1.807, 2.05) is 0 Å². The zero-order valence-corrected chi connectivity index (χ0v) is 15.5. The zero-order chi connectivity index (χ0) is 19.0. The summed E-state index contributed by atoms with van der Waals surface area (Å²) in [5, 5.41) is 0.264. The molecular weight excluding hydrogens is 360 g/mol. The van der Waals surface area contributed by atoms with Crippen LogP contribution in [0, 0.1) is 5.92 Å². The van der Waals surface area contributed by atoms with Gasteiger partial charge in [0.2, 0.25) is 11.8 Å². The van der Waals surface area contributed by atoms with E-state index >= 15 is 0 Å². The summed E-state index contributed by atoms with van der Waals surface area (Å²) in [6.07, 6.45) is 2.73. The van der Waals surface area contributed by atoms with Gasteiger partial charge < -0.3 is 19.7 Å². The molecule has 3 aliphatic heterocycles. The maximum Gasteiger partial charge on any atom is 0.260 e. The van der Waals surface area contributed by atoms with E-state index in [2.05, 4.69) is 4.98 Å². The van der Waals surface area contributed by atoms with Crippen LogP contribution in [0.15, 0.2) is 17.1 Å². The molecule has 3 saturated heterocycles. The van der Waals surface area contributed by atoms with E-state index in [9.17, 15) is 19.2 Å². The Hall–Kier alpha value is -2.35. The van der Waals surface area contributed by atoms with Crippen molar-refractivity contribution in [3.8, 4) is 0 Å². The fourth-order valence-corrected chi connectivity index (χ4v) is 3.65. The molecule has 3 fully saturated rings. The van der Waals surface area contributed by atoms with Gasteiger partial charge in [0.25, 0.3) is 11.5 Å². The van der Waals surface area contributed by atoms with Crippen molar-refractivity contribution >= 4 is 29.3 Å². The van der Waals surface area contributed by atoms with Crippen molar-refractivity contribution in [1.82, 2.24) is 19.7 Å². The second-order valence-electron chi connectivity index (χ2n) is 6.95. The molecule has 0 saturated carbocycles. The van der Waals surface area contributed by atoms with Gasteiger partial charge in [-0.25, -0.2) is 0 Å². The van der Waals surface area contributed by atoms with Crippen LogP contribution >= 0.6 is 11.6 Å². The number of piperidine rings is 1. The number of likely N-dealkylation sites (N-methyl/N-ethyl adjacent to an activating group) is 1. The number of H-pyrrole nitrogens is 1. The minimum atomic E-state index is -0.512. The lowest BCUT2D eigenvalue weighted by Crippen LogP contribution is -2.51. The van der Waals surface area contributed by atoms with Crippen LogP contribution in [0.1, 0.15) is 23.2 Å². The third-order valence-corrected chi connectivity index (χ3v) is 5.20. The monoisotopic (exact) mass is 380 g/mol. The molecule has 0 unspecified atom stereocenters. The Morgan fingerprint density at radius 3 is 2.69 bits per heavy atom. The maximum absolute atomic E-state index is 12.8. The van der Waals surface area contributed by atoms with Crippen LogP contribution in [0.3, 0.4) is 0 Å². The number of carbonyl (C=O) groups excluding carboxylic acids is 3. The maximum atomic E-state index is 12.8. The molecule has 0 radical (unpaired) electrons. The van der Waals surface area contributed by atoms with Crippen molar-refractivity contribution in [1.29, 1.82) is 0 Å². The Bertz CT molecular complexity index is 806. The third kappa shape index (κ3) is 3.46. The molecule has 0 spiro atoms. The topological polar surface area (TPSA) is 93.8 Å². The number of halogens is 1. The number of pyridine rings is 1. The van der Waals surface area contributed by atoms with Gasteiger partial charge in [-0.05, 0) is 18.9 Å². The molecule has 8 nitrogen and oxygen atoms in total. The van der Waals surface area contributed by atoms with Gasteiger partial charge in [-0.1, -0.05) is 11.6 Å². The van der Waals surface area contributed by atoms with Gasteiger partial charge in [-0.3, -0.25) is 19.2 Å². The minimum absolute atomic E-state index is 0.00673. The molecule has 1 aromatic heterocycles. The summed E-state index contributed by atoms with van der Waals surface area (Å²) >= 11 is 5.89. The quantitative estimate of drug-likeness (QED) is 0.809. The summed E-state index contributed by atoms with van der Waals surface area (Å²) in [7, 11) is 3.29. The number of aromatic nitrogens is 1. The summed E-state index contributed by atoms with van der Waals surface area (Å²) in [6.45, 7) is 0.549. The van der Waals surface area contributed by atoms with Crippen LogP contribution in [0.25, 0.3) is 0 Å². The molecule has 26 heavy (non-hydrogen) atoms. The number of carbonyl (C=O) groups is 3. The summed E-state index contributed by atoms with van der Waals surface area (Å²) in [5.41, 5.74) is -0.552. The van der Waals surface area contributed by atoms with Crippen LogP contribution in [0.2, 0.25) is 5.02 Å². The van der Waals surface area contributed by atoms with Crippen LogP contribution < -0.4 is 5.56 Å². The second-order valence-corrected chi connectivity index (χ2v) is 7.39. The predicted molar refractivity (Wildman–Crippen MR) is 94.9 cm³/mol. The lowest BCUT2D eigenvalue weighted by molar-refractivity contribution is -0.145. The van der Waals surface area contributed by atoms with Crippen LogP contribution in [0.5, 0.6) is 0 Å². The van der Waals surface area contributed by atoms with Crippen molar-refractivity contribution in [3.63, 3.8) is 0 Å². The first-order chi connectivity index (χ1) is 12.3. The van der Waals surface area contributed by atoms with Gasteiger partial charge in [0.05, 0.1) is 10.9 Å². The Morgan fingerprint density at radius 1 is 1.27 bits per heavy atom. The lowest BCUT2D eigenvalue weighted by Gasteiger charge is -2.35. The van der Waals surface area contributed by atoms with E-state index in [0.29, 0.717) is 13.0 Å². The Morgan fingerprint density at radius 2 is 2.00 bits per heavy atom. The number of nitrogens with one attached hydrogen (secondary N) is 1. The van der Waals surface area contributed by atoms with E-state index < -0.39 is 11.5 Å². The molecule has 1 N–H and O–H groups in total. The van der Waals surface area contributed by atoms with Crippen LogP contribution in [0.4, 0.5) is 0 Å². The second kappa shape index (κ2) is 7.11. The molecule has 3 aliphatic rings. The van der Waals surface area contributed by atoms with E-state index in [-0.39, 0.29) is 47.4 Å². The first-order valence-electron chi connectivity index (χ1n) is 8.46. The van der Waals surface area contributed by atoms with E-state index in [1.165, 1.54) is 22.1 Å². The van der Waals surface area contributed by atoms with Crippen LogP contribution in [-0.2, 0) is 9.59 Å². The summed E-state index contributed by atoms with van der Waals surface area (Å²) in [5.74, 6) is -1.06. The smallest absolute Gasteiger partial charge is 0.260 e. The van der Waals surface area contributed by atoms with Gasteiger partial charge in [-0.2, -0.15) is 0 Å². The number of amides is 3. The summed E-state index contributed by atoms with van der Waals surface area (Å²) in [6, 6.07) is 1.11. The summed E-state index contributed by atoms with van der Waals surface area (Å²) < 4.78 is 0. The molecule has 0 aliphatic carbocycles. The van der Waals surface area contributed by atoms with Gasteiger partial charge >= 0.3 is 0 Å². The Kier molecular flexibility index (Phi) is 5.04. The molecule has 0 aromatic carbocycles. The Labute approximate surface area is 155 Å². The minimum Gasteiger partial charge on any atom is -0.347 e. The molecular formula is C17H21ClN4O4. The molecule has 1 aromatic rings. The number of rotatable bonds is 3. The average Bonchev–Trinajstić information content (AvgIpc) is 2.89. The number of nitrogens with zero attached hydrogens (tertiary/aromatic N) is 3.